The Kier molecular flexibility index (Phi) is 6.43. The first kappa shape index (κ1) is 20.6. The van der Waals surface area contributed by atoms with Crippen molar-refractivity contribution >= 4 is 27.3 Å². The van der Waals surface area contributed by atoms with Gasteiger partial charge in [0.25, 0.3) is 0 Å². The van der Waals surface area contributed by atoms with Gasteiger partial charge in [0.1, 0.15) is 5.82 Å². The summed E-state index contributed by atoms with van der Waals surface area (Å²) < 4.78 is 37.8. The van der Waals surface area contributed by atoms with E-state index < -0.39 is 15.7 Å². The molecule has 3 rings (SSSR count). The van der Waals surface area contributed by atoms with Crippen LogP contribution in [0.15, 0.2) is 18.2 Å². The van der Waals surface area contributed by atoms with Gasteiger partial charge in [-0.25, -0.2) is 12.8 Å². The maximum absolute atomic E-state index is 14.0. The molecule has 0 bridgehead atoms. The molecule has 0 aromatic heterocycles. The van der Waals surface area contributed by atoms with Gasteiger partial charge in [0.2, 0.25) is 5.91 Å². The van der Waals surface area contributed by atoms with Crippen molar-refractivity contribution in [3.63, 3.8) is 0 Å². The molecule has 27 heavy (non-hydrogen) atoms. The van der Waals surface area contributed by atoms with Gasteiger partial charge in [-0.05, 0) is 38.4 Å². The van der Waals surface area contributed by atoms with Crippen LogP contribution in [0.2, 0.25) is 5.02 Å². The zero-order chi connectivity index (χ0) is 19.6. The molecule has 2 fully saturated rings. The Bertz CT molecular complexity index is 776. The largest absolute Gasteiger partial charge is 0.335 e. The van der Waals surface area contributed by atoms with Crippen LogP contribution in [0.25, 0.3) is 0 Å². The molecule has 1 aromatic rings. The lowest BCUT2D eigenvalue weighted by molar-refractivity contribution is -0.136. The second-order valence-electron chi connectivity index (χ2n) is 7.67. The number of likely N-dealkylation sites (N-methyl/N-ethyl adjacent to an activating group) is 1. The van der Waals surface area contributed by atoms with Crippen molar-refractivity contribution in [2.75, 3.05) is 25.1 Å². The number of hydrogen-bond donors (Lipinski definition) is 0. The summed E-state index contributed by atoms with van der Waals surface area (Å²) in [6, 6.07) is 4.40. The molecule has 1 amide bonds. The minimum atomic E-state index is -3.07. The topological polar surface area (TPSA) is 57.7 Å². The molecule has 1 aromatic carbocycles. The molecule has 0 spiro atoms. The lowest BCUT2D eigenvalue weighted by Gasteiger charge is -2.35. The second-order valence-corrected chi connectivity index (χ2v) is 10.3. The molecule has 1 saturated carbocycles. The Morgan fingerprint density at radius 2 is 1.93 bits per heavy atom. The summed E-state index contributed by atoms with van der Waals surface area (Å²) in [5.41, 5.74) is 0.366. The second kappa shape index (κ2) is 8.45. The van der Waals surface area contributed by atoms with Crippen LogP contribution in [0.5, 0.6) is 0 Å². The summed E-state index contributed by atoms with van der Waals surface area (Å²) in [5, 5.41) is 0.337. The number of rotatable bonds is 6. The number of hydrogen-bond acceptors (Lipinski definition) is 4. The highest BCUT2D eigenvalue weighted by Gasteiger charge is 2.39. The molecule has 2 aliphatic rings. The van der Waals surface area contributed by atoms with Crippen LogP contribution < -0.4 is 0 Å². The molecule has 0 N–H and O–H groups in total. The molecule has 1 atom stereocenters. The Labute approximate surface area is 165 Å². The highest BCUT2D eigenvalue weighted by molar-refractivity contribution is 7.91. The summed E-state index contributed by atoms with van der Waals surface area (Å²) >= 11 is 6.08. The molecule has 5 nitrogen and oxygen atoms in total. The van der Waals surface area contributed by atoms with Gasteiger partial charge in [-0.15, -0.1) is 0 Å². The third-order valence-corrected chi connectivity index (χ3v) is 7.61. The minimum absolute atomic E-state index is 0.0537. The number of halogens is 2. The Balaban J connectivity index is 1.70. The zero-order valence-corrected chi connectivity index (χ0v) is 17.1. The van der Waals surface area contributed by atoms with Crippen LogP contribution in [-0.2, 0) is 21.2 Å². The number of amides is 1. The molecule has 1 heterocycles. The molecular weight excluding hydrogens is 391 g/mol. The van der Waals surface area contributed by atoms with E-state index in [0.717, 1.165) is 25.7 Å². The normalized spacial score (nSPS) is 22.4. The number of carbonyl (C=O) groups is 1. The lowest BCUT2D eigenvalue weighted by atomic mass is 10.1. The summed E-state index contributed by atoms with van der Waals surface area (Å²) in [5.74, 6) is -0.275. The third kappa shape index (κ3) is 5.00. The van der Waals surface area contributed by atoms with E-state index in [1.54, 1.807) is 24.1 Å². The van der Waals surface area contributed by atoms with E-state index in [4.69, 9.17) is 11.6 Å². The molecule has 150 valence electrons. The fraction of sp³-hybridized carbons (Fsp3) is 0.632. The van der Waals surface area contributed by atoms with Gasteiger partial charge in [-0.2, -0.15) is 0 Å². The number of sulfone groups is 1. The Hall–Kier alpha value is -1.18. The zero-order valence-electron chi connectivity index (χ0n) is 15.5. The van der Waals surface area contributed by atoms with Crippen molar-refractivity contribution in [2.45, 2.75) is 50.7 Å². The first-order valence-electron chi connectivity index (χ1n) is 9.40. The van der Waals surface area contributed by atoms with Gasteiger partial charge in [0.05, 0.1) is 18.1 Å². The summed E-state index contributed by atoms with van der Waals surface area (Å²) in [7, 11) is -1.32. The molecule has 8 heteroatoms. The van der Waals surface area contributed by atoms with E-state index in [1.165, 1.54) is 6.07 Å². The van der Waals surface area contributed by atoms with Crippen molar-refractivity contribution in [1.82, 2.24) is 9.80 Å². The van der Waals surface area contributed by atoms with Gasteiger partial charge in [-0.1, -0.05) is 30.5 Å². The molecular formula is C19H26ClFN2O3S. The van der Waals surface area contributed by atoms with Crippen molar-refractivity contribution < 1.29 is 17.6 Å². The van der Waals surface area contributed by atoms with Crippen LogP contribution >= 0.6 is 11.6 Å². The minimum Gasteiger partial charge on any atom is -0.335 e. The predicted octanol–water partition coefficient (Wildman–Crippen LogP) is 2.87. The monoisotopic (exact) mass is 416 g/mol. The molecule has 1 aliphatic heterocycles. The number of nitrogens with zero attached hydrogens (tertiary/aromatic N) is 2. The molecule has 0 radical (unpaired) electrons. The third-order valence-electron chi connectivity index (χ3n) is 5.50. The van der Waals surface area contributed by atoms with Gasteiger partial charge in [-0.3, -0.25) is 9.69 Å². The van der Waals surface area contributed by atoms with Gasteiger partial charge >= 0.3 is 0 Å². The van der Waals surface area contributed by atoms with Crippen LogP contribution in [0.1, 0.15) is 37.7 Å². The summed E-state index contributed by atoms with van der Waals surface area (Å²) in [4.78, 5) is 16.6. The number of carbonyl (C=O) groups excluding carboxylic acids is 1. The first-order chi connectivity index (χ1) is 12.8. The van der Waals surface area contributed by atoms with Crippen LogP contribution in [0.4, 0.5) is 4.39 Å². The highest BCUT2D eigenvalue weighted by Crippen LogP contribution is 2.29. The fourth-order valence-electron chi connectivity index (χ4n) is 4.20. The Morgan fingerprint density at radius 3 is 2.52 bits per heavy atom. The van der Waals surface area contributed by atoms with E-state index >= 15 is 0 Å². The summed E-state index contributed by atoms with van der Waals surface area (Å²) in [6.45, 7) is 0.330. The highest BCUT2D eigenvalue weighted by atomic mass is 35.5. The van der Waals surface area contributed by atoms with Crippen molar-refractivity contribution in [3.8, 4) is 0 Å². The van der Waals surface area contributed by atoms with Gasteiger partial charge < -0.3 is 4.90 Å². The van der Waals surface area contributed by atoms with E-state index in [2.05, 4.69) is 0 Å². The van der Waals surface area contributed by atoms with Gasteiger partial charge in [0, 0.05) is 29.2 Å². The number of benzene rings is 1. The Morgan fingerprint density at radius 1 is 1.22 bits per heavy atom. The van der Waals surface area contributed by atoms with Crippen molar-refractivity contribution in [1.29, 1.82) is 0 Å². The van der Waals surface area contributed by atoms with Crippen molar-refractivity contribution in [3.05, 3.63) is 34.6 Å². The molecule has 1 unspecified atom stereocenters. The standard InChI is InChI=1S/C19H26ClFN2O3S/c1-22(11-16-17(20)7-4-8-18(16)21)12-19(24)23(14-5-2-3-6-14)15-9-10-27(25,26)13-15/h4,7-8,14-15H,2-3,5-6,9-13H2,1H3. The quantitative estimate of drug-likeness (QED) is 0.715. The van der Waals surface area contributed by atoms with E-state index in [0.29, 0.717) is 17.0 Å². The smallest absolute Gasteiger partial charge is 0.237 e. The van der Waals surface area contributed by atoms with E-state index in [-0.39, 0.29) is 42.6 Å². The maximum Gasteiger partial charge on any atom is 0.237 e. The van der Waals surface area contributed by atoms with E-state index in [9.17, 15) is 17.6 Å². The van der Waals surface area contributed by atoms with Crippen molar-refractivity contribution in [2.24, 2.45) is 0 Å². The summed E-state index contributed by atoms with van der Waals surface area (Å²) in [6.07, 6.45) is 4.48. The average Bonchev–Trinajstić information content (AvgIpc) is 3.21. The average molecular weight is 417 g/mol. The van der Waals surface area contributed by atoms with Crippen LogP contribution in [0, 0.1) is 5.82 Å². The van der Waals surface area contributed by atoms with E-state index in [1.807, 2.05) is 4.90 Å². The molecule has 1 saturated heterocycles. The SMILES string of the molecule is CN(CC(=O)N(C1CCCC1)C1CCS(=O)(=O)C1)Cc1c(F)cccc1Cl. The fourth-order valence-corrected chi connectivity index (χ4v) is 6.14. The maximum atomic E-state index is 14.0. The van der Waals surface area contributed by atoms with Crippen LogP contribution in [-0.4, -0.2) is 61.3 Å². The van der Waals surface area contributed by atoms with Crippen LogP contribution in [0.3, 0.4) is 0 Å². The molecule has 1 aliphatic carbocycles. The lowest BCUT2D eigenvalue weighted by Crippen LogP contribution is -2.50. The predicted molar refractivity (Wildman–Crippen MR) is 104 cm³/mol. The first-order valence-corrected chi connectivity index (χ1v) is 11.6. The van der Waals surface area contributed by atoms with Gasteiger partial charge in [0.15, 0.2) is 9.84 Å².